The number of hydrogen-bond donors (Lipinski definition) is 5. The third kappa shape index (κ3) is 14.8. The molecule has 0 saturated carbocycles. The van der Waals surface area contributed by atoms with Crippen molar-refractivity contribution in [3.63, 3.8) is 0 Å². The van der Waals surface area contributed by atoms with Crippen molar-refractivity contribution in [2.75, 3.05) is 74.5 Å². The van der Waals surface area contributed by atoms with Crippen LogP contribution >= 0.6 is 24.0 Å². The van der Waals surface area contributed by atoms with Crippen molar-refractivity contribution in [3.8, 4) is 69.0 Å². The molecule has 3 aliphatic heterocycles. The number of benzene rings is 7. The molecule has 5 N–H and O–H groups in total. The Balaban J connectivity index is 0.000000143. The number of aromatic hydroxyl groups is 2. The maximum Gasteiger partial charge on any atom is 0.327 e. The van der Waals surface area contributed by atoms with Crippen molar-refractivity contribution < 1.29 is 57.4 Å². The summed E-state index contributed by atoms with van der Waals surface area (Å²) in [5.41, 5.74) is 8.46. The molecule has 22 heteroatoms. The summed E-state index contributed by atoms with van der Waals surface area (Å²) in [6.07, 6.45) is 5.07. The molecule has 11 aromatic rings. The summed E-state index contributed by atoms with van der Waals surface area (Å²) in [4.78, 5) is 27.4. The number of ether oxygens (including phenoxy) is 8. The van der Waals surface area contributed by atoms with Crippen LogP contribution in [0.1, 0.15) is 22.5 Å². The predicted molar refractivity (Wildman–Crippen MR) is 345 cm³/mol. The number of pyridine rings is 3. The molecule has 2 amide bonds. The van der Waals surface area contributed by atoms with Gasteiger partial charge in [0.25, 0.3) is 0 Å². The number of phenolic OH excluding ortho intramolecular Hbond substituents is 2. The van der Waals surface area contributed by atoms with Crippen LogP contribution < -0.4 is 58.7 Å². The van der Waals surface area contributed by atoms with E-state index in [1.54, 1.807) is 92.1 Å². The highest BCUT2D eigenvalue weighted by Crippen LogP contribution is 2.42. The molecule has 20 nitrogen and oxygen atoms in total. The van der Waals surface area contributed by atoms with Gasteiger partial charge in [0.15, 0.2) is 28.8 Å². The average molecular weight is 1240 g/mol. The van der Waals surface area contributed by atoms with Gasteiger partial charge in [0.05, 0.1) is 59.4 Å². The summed E-state index contributed by atoms with van der Waals surface area (Å²) in [6, 6.07) is 43.8. The van der Waals surface area contributed by atoms with E-state index < -0.39 is 0 Å². The topological polar surface area (TPSA) is 235 Å². The summed E-state index contributed by atoms with van der Waals surface area (Å²) in [5, 5.41) is 35.5. The number of carbonyl (C=O) groups excluding carboxylic acids is 1. The summed E-state index contributed by atoms with van der Waals surface area (Å²) < 4.78 is 50.8. The van der Waals surface area contributed by atoms with Crippen LogP contribution in [0.3, 0.4) is 0 Å². The van der Waals surface area contributed by atoms with Crippen LogP contribution in [0.25, 0.3) is 32.7 Å². The van der Waals surface area contributed by atoms with E-state index in [0.29, 0.717) is 107 Å². The first-order valence-electron chi connectivity index (χ1n) is 28.0. The quantitative estimate of drug-likeness (QED) is 0.0801. The zero-order valence-corrected chi connectivity index (χ0v) is 50.6. The summed E-state index contributed by atoms with van der Waals surface area (Å²) in [5.74, 6) is 7.17. The lowest BCUT2D eigenvalue weighted by Crippen LogP contribution is -2.40. The molecule has 0 saturated heterocycles. The van der Waals surface area contributed by atoms with Crippen LogP contribution in [0.2, 0.25) is 5.02 Å². The highest BCUT2D eigenvalue weighted by atomic mass is 35.5. The van der Waals surface area contributed by atoms with Gasteiger partial charge < -0.3 is 63.3 Å². The molecular formula is C67H62Cl2N8O12. The highest BCUT2D eigenvalue weighted by Gasteiger charge is 2.26. The Hall–Kier alpha value is -10.6. The number of anilines is 4. The maximum atomic E-state index is 12.8. The standard InChI is InChI=1S/C25H22N2O4.C23H20N4O6.C11H10ClN.C8H9NO2.ClH/c1-28-24-15-21-19(14-25(24)30-16-17-5-3-2-4-6-17)22(9-10-26-21)31-18-7-8-20-23(13-18)29-12-11-27-20;1-13-9-22(26-33-13)25-23(29)27-7-8-31-20-10-14(3-4-17(20)27)32-19-5-6-24-16-12-21(30-2)18(28)11-15(16)19;1-7-5-9-10(12)3-4-13-11(9)6-8(7)2;10-6-1-2-7-8(5-6)11-4-3-9-7;/h2-10,13-15,27H,11-12,16H2,1H3;3-6,9-12,28H,7-8H2,1-2H3,(H,25,26,29);3-6H,1-2H3;1-2,5,9-10H,3-4H2;1H. The van der Waals surface area contributed by atoms with E-state index in [1.165, 1.54) is 18.2 Å². The Kier molecular flexibility index (Phi) is 19.6. The zero-order valence-electron chi connectivity index (χ0n) is 49.0. The smallest absolute Gasteiger partial charge is 0.327 e. The van der Waals surface area contributed by atoms with E-state index in [1.807, 2.05) is 78.9 Å². The number of hydrogen-bond acceptors (Lipinski definition) is 18. The first-order valence-corrected chi connectivity index (χ1v) is 28.4. The number of aromatic nitrogens is 4. The minimum absolute atomic E-state index is 0. The van der Waals surface area contributed by atoms with Crippen molar-refractivity contribution in [1.82, 2.24) is 20.1 Å². The Morgan fingerprint density at radius 1 is 0.607 bits per heavy atom. The lowest BCUT2D eigenvalue weighted by Gasteiger charge is -2.29. The molecule has 0 unspecified atom stereocenters. The number of phenols is 2. The Morgan fingerprint density at radius 3 is 1.88 bits per heavy atom. The van der Waals surface area contributed by atoms with Crippen molar-refractivity contribution in [2.24, 2.45) is 0 Å². The van der Waals surface area contributed by atoms with Crippen LogP contribution in [0.15, 0.2) is 169 Å². The number of fused-ring (bicyclic) bond motifs is 6. The number of rotatable bonds is 10. The average Bonchev–Trinajstić information content (AvgIpc) is 2.33. The van der Waals surface area contributed by atoms with Crippen molar-refractivity contribution in [1.29, 1.82) is 0 Å². The minimum atomic E-state index is -0.342. The highest BCUT2D eigenvalue weighted by molar-refractivity contribution is 6.35. The lowest BCUT2D eigenvalue weighted by molar-refractivity contribution is 0.249. The van der Waals surface area contributed by atoms with Gasteiger partial charge in [-0.2, -0.15) is 0 Å². The van der Waals surface area contributed by atoms with Gasteiger partial charge in [0, 0.05) is 84.2 Å². The molecular weight excluding hydrogens is 1180 g/mol. The predicted octanol–water partition coefficient (Wildman–Crippen LogP) is 15.0. The van der Waals surface area contributed by atoms with Gasteiger partial charge in [-0.15, -0.1) is 12.4 Å². The van der Waals surface area contributed by atoms with Crippen LogP contribution in [0.5, 0.6) is 69.0 Å². The third-order valence-electron chi connectivity index (χ3n) is 14.2. The third-order valence-corrected chi connectivity index (χ3v) is 14.5. The van der Waals surface area contributed by atoms with Gasteiger partial charge in [-0.1, -0.05) is 47.1 Å². The second-order valence-corrected chi connectivity index (χ2v) is 20.6. The van der Waals surface area contributed by atoms with E-state index in [-0.39, 0.29) is 29.9 Å². The molecule has 0 spiro atoms. The number of halogens is 2. The van der Waals surface area contributed by atoms with E-state index in [0.717, 1.165) is 68.4 Å². The van der Waals surface area contributed by atoms with Gasteiger partial charge in [-0.3, -0.25) is 25.2 Å². The Morgan fingerprint density at radius 2 is 1.20 bits per heavy atom. The minimum Gasteiger partial charge on any atom is -0.508 e. The van der Waals surface area contributed by atoms with E-state index in [2.05, 4.69) is 62.0 Å². The van der Waals surface area contributed by atoms with Gasteiger partial charge in [-0.25, -0.2) is 4.79 Å². The van der Waals surface area contributed by atoms with E-state index >= 15 is 0 Å². The molecule has 0 bridgehead atoms. The van der Waals surface area contributed by atoms with Crippen molar-refractivity contribution in [2.45, 2.75) is 27.4 Å². The fraction of sp³-hybridized carbons (Fsp3) is 0.179. The molecule has 456 valence electrons. The van der Waals surface area contributed by atoms with Crippen LogP contribution in [0, 0.1) is 20.8 Å². The Labute approximate surface area is 523 Å². The summed E-state index contributed by atoms with van der Waals surface area (Å²) in [7, 11) is 3.10. The molecule has 89 heavy (non-hydrogen) atoms. The number of carbonyl (C=O) groups is 1. The maximum absolute atomic E-state index is 12.8. The summed E-state index contributed by atoms with van der Waals surface area (Å²) >= 11 is 6.04. The van der Waals surface area contributed by atoms with Gasteiger partial charge >= 0.3 is 6.03 Å². The fourth-order valence-electron chi connectivity index (χ4n) is 9.62. The van der Waals surface area contributed by atoms with Crippen LogP contribution in [0.4, 0.5) is 27.7 Å². The number of amides is 2. The first kappa shape index (κ1) is 61.5. The number of methoxy groups -OCH3 is 2. The van der Waals surface area contributed by atoms with E-state index in [4.69, 9.17) is 59.1 Å². The molecule has 0 atom stereocenters. The number of urea groups is 1. The van der Waals surface area contributed by atoms with Gasteiger partial charge in [0.2, 0.25) is 0 Å². The molecule has 0 radical (unpaired) electrons. The van der Waals surface area contributed by atoms with Gasteiger partial charge in [0.1, 0.15) is 78.2 Å². The van der Waals surface area contributed by atoms with Crippen molar-refractivity contribution >= 4 is 85.6 Å². The zero-order chi connectivity index (χ0) is 61.1. The Bertz CT molecular complexity index is 4310. The number of nitrogens with zero attached hydrogens (tertiary/aromatic N) is 5. The van der Waals surface area contributed by atoms with Gasteiger partial charge in [-0.05, 0) is 116 Å². The molecule has 3 aliphatic rings. The molecule has 7 aromatic carbocycles. The summed E-state index contributed by atoms with van der Waals surface area (Å²) in [6.45, 7) is 9.99. The number of aryl methyl sites for hydroxylation is 3. The molecule has 0 aliphatic carbocycles. The molecule has 14 rings (SSSR count). The SMILES string of the molecule is COc1cc2nccc(Oc3ccc4c(c3)OCCN4)c2cc1OCc1ccccc1.COc1cc2nccc(Oc3ccc4c(c3)OCCN4C(=O)Nc3cc(C)on3)c2cc1O.Cc1cc2nccc(Cl)c2cc1C.Cl.Oc1ccc2c(c1)OCCN2. The fourth-order valence-corrected chi connectivity index (χ4v) is 9.83. The second kappa shape index (κ2) is 28.3. The molecule has 4 aromatic heterocycles. The lowest BCUT2D eigenvalue weighted by atomic mass is 10.1. The van der Waals surface area contributed by atoms with Crippen LogP contribution in [-0.2, 0) is 6.61 Å². The first-order chi connectivity index (χ1) is 42.9. The number of nitrogens with one attached hydrogen (secondary N) is 3. The normalized spacial score (nSPS) is 12.4. The monoisotopic (exact) mass is 1240 g/mol. The van der Waals surface area contributed by atoms with Crippen molar-refractivity contribution in [3.05, 3.63) is 192 Å². The molecule has 7 heterocycles. The van der Waals surface area contributed by atoms with Crippen LogP contribution in [-0.4, -0.2) is 90.0 Å². The molecule has 0 fully saturated rings. The van der Waals surface area contributed by atoms with E-state index in [9.17, 15) is 9.90 Å². The largest absolute Gasteiger partial charge is 0.508 e. The second-order valence-electron chi connectivity index (χ2n) is 20.2.